The van der Waals surface area contributed by atoms with E-state index in [2.05, 4.69) is 29.2 Å². The number of aliphatic hydroxyl groups is 1. The molecule has 2 aromatic carbocycles. The van der Waals surface area contributed by atoms with Crippen molar-refractivity contribution in [2.24, 2.45) is 0 Å². The van der Waals surface area contributed by atoms with E-state index in [0.717, 1.165) is 13.1 Å². The number of benzene rings is 2. The molecule has 0 amide bonds. The van der Waals surface area contributed by atoms with E-state index in [1.165, 1.54) is 11.1 Å². The Kier molecular flexibility index (Phi) is 6.98. The van der Waals surface area contributed by atoms with E-state index < -0.39 is 0 Å². The normalized spacial score (nSPS) is 12.3. The fraction of sp³-hybridized carbons (Fsp3) is 0.350. The van der Waals surface area contributed by atoms with Crippen LogP contribution in [0.25, 0.3) is 0 Å². The number of hydrogen-bond donors (Lipinski definition) is 1. The van der Waals surface area contributed by atoms with Crippen LogP contribution in [0, 0.1) is 0 Å². The standard InChI is InChI=1S/C20H25NO2/c1-17(23)20(13-8-14-22)21(15-18-9-4-2-5-10-18)16-19-11-6-3-7-12-19/h2-7,9-12,20,22H,8,13-16H2,1H3/t20-/m1/s1. The lowest BCUT2D eigenvalue weighted by Crippen LogP contribution is -2.39. The molecule has 2 aromatic rings. The lowest BCUT2D eigenvalue weighted by Gasteiger charge is -2.30. The number of carbonyl (C=O) groups excluding carboxylic acids is 1. The molecule has 0 bridgehead atoms. The number of rotatable bonds is 9. The highest BCUT2D eigenvalue weighted by atomic mass is 16.3. The predicted molar refractivity (Wildman–Crippen MR) is 92.9 cm³/mol. The van der Waals surface area contributed by atoms with Gasteiger partial charge in [-0.25, -0.2) is 0 Å². The van der Waals surface area contributed by atoms with Gasteiger partial charge >= 0.3 is 0 Å². The first-order valence-corrected chi connectivity index (χ1v) is 8.14. The summed E-state index contributed by atoms with van der Waals surface area (Å²) in [5, 5.41) is 9.13. The summed E-state index contributed by atoms with van der Waals surface area (Å²) in [6.45, 7) is 3.22. The first kappa shape index (κ1) is 17.4. The summed E-state index contributed by atoms with van der Waals surface area (Å²) in [5.74, 6) is 0.158. The summed E-state index contributed by atoms with van der Waals surface area (Å²) < 4.78 is 0. The molecule has 3 nitrogen and oxygen atoms in total. The van der Waals surface area contributed by atoms with E-state index in [-0.39, 0.29) is 18.4 Å². The highest BCUT2D eigenvalue weighted by molar-refractivity contribution is 5.81. The molecule has 0 saturated carbocycles. The van der Waals surface area contributed by atoms with Crippen LogP contribution in [0.4, 0.5) is 0 Å². The highest BCUT2D eigenvalue weighted by Gasteiger charge is 2.22. The Morgan fingerprint density at radius 3 is 1.83 bits per heavy atom. The molecule has 1 N–H and O–H groups in total. The van der Waals surface area contributed by atoms with Crippen LogP contribution < -0.4 is 0 Å². The van der Waals surface area contributed by atoms with Crippen LogP contribution in [0.1, 0.15) is 30.9 Å². The quantitative estimate of drug-likeness (QED) is 0.771. The zero-order valence-corrected chi connectivity index (χ0v) is 13.7. The number of carbonyl (C=O) groups is 1. The maximum Gasteiger partial charge on any atom is 0.146 e. The van der Waals surface area contributed by atoms with Crippen molar-refractivity contribution in [1.82, 2.24) is 4.90 Å². The Balaban J connectivity index is 2.19. The lowest BCUT2D eigenvalue weighted by atomic mass is 10.0. The molecular weight excluding hydrogens is 286 g/mol. The van der Waals surface area contributed by atoms with Crippen molar-refractivity contribution in [3.05, 3.63) is 71.8 Å². The van der Waals surface area contributed by atoms with E-state index >= 15 is 0 Å². The van der Waals surface area contributed by atoms with Gasteiger partial charge in [-0.1, -0.05) is 60.7 Å². The van der Waals surface area contributed by atoms with Crippen molar-refractivity contribution >= 4 is 5.78 Å². The molecule has 0 aliphatic carbocycles. The summed E-state index contributed by atoms with van der Waals surface area (Å²) in [6, 6.07) is 20.3. The Morgan fingerprint density at radius 1 is 0.957 bits per heavy atom. The van der Waals surface area contributed by atoms with E-state index in [9.17, 15) is 4.79 Å². The highest BCUT2D eigenvalue weighted by Crippen LogP contribution is 2.17. The minimum Gasteiger partial charge on any atom is -0.396 e. The average Bonchev–Trinajstić information content (AvgIpc) is 2.56. The smallest absolute Gasteiger partial charge is 0.146 e. The summed E-state index contributed by atoms with van der Waals surface area (Å²) in [6.07, 6.45) is 1.33. The van der Waals surface area contributed by atoms with E-state index in [4.69, 9.17) is 5.11 Å². The van der Waals surface area contributed by atoms with Crippen LogP contribution >= 0.6 is 0 Å². The maximum absolute atomic E-state index is 12.1. The van der Waals surface area contributed by atoms with E-state index in [1.807, 2.05) is 36.4 Å². The Labute approximate surface area is 138 Å². The van der Waals surface area contributed by atoms with Gasteiger partial charge in [0.1, 0.15) is 5.78 Å². The van der Waals surface area contributed by atoms with Gasteiger partial charge in [0, 0.05) is 19.7 Å². The minimum absolute atomic E-state index is 0.119. The fourth-order valence-electron chi connectivity index (χ4n) is 2.84. The van der Waals surface area contributed by atoms with Gasteiger partial charge in [0.2, 0.25) is 0 Å². The van der Waals surface area contributed by atoms with Gasteiger partial charge in [-0.3, -0.25) is 9.69 Å². The zero-order valence-electron chi connectivity index (χ0n) is 13.7. The first-order chi connectivity index (χ1) is 11.2. The molecule has 0 unspecified atom stereocenters. The molecule has 0 aromatic heterocycles. The molecule has 0 heterocycles. The molecule has 0 fully saturated rings. The molecule has 0 aliphatic heterocycles. The third kappa shape index (κ3) is 5.62. The van der Waals surface area contributed by atoms with Crippen LogP contribution in [0.15, 0.2) is 60.7 Å². The lowest BCUT2D eigenvalue weighted by molar-refractivity contribution is -0.123. The molecule has 122 valence electrons. The van der Waals surface area contributed by atoms with Crippen LogP contribution in [0.3, 0.4) is 0 Å². The molecule has 0 spiro atoms. The van der Waals surface area contributed by atoms with Gasteiger partial charge in [0.25, 0.3) is 0 Å². The van der Waals surface area contributed by atoms with Crippen LogP contribution in [0.2, 0.25) is 0 Å². The first-order valence-electron chi connectivity index (χ1n) is 8.14. The number of ketones is 1. The monoisotopic (exact) mass is 311 g/mol. The van der Waals surface area contributed by atoms with Crippen LogP contribution in [-0.2, 0) is 17.9 Å². The summed E-state index contributed by atoms with van der Waals surface area (Å²) in [7, 11) is 0. The van der Waals surface area contributed by atoms with Gasteiger partial charge in [0.05, 0.1) is 6.04 Å². The second-order valence-electron chi connectivity index (χ2n) is 5.87. The van der Waals surface area contributed by atoms with Gasteiger partial charge in [-0.05, 0) is 30.9 Å². The number of nitrogens with zero attached hydrogens (tertiary/aromatic N) is 1. The number of aliphatic hydroxyl groups excluding tert-OH is 1. The molecule has 1 atom stereocenters. The van der Waals surface area contributed by atoms with Crippen molar-refractivity contribution in [3.63, 3.8) is 0 Å². The molecule has 0 radical (unpaired) electrons. The number of hydrogen-bond acceptors (Lipinski definition) is 3. The van der Waals surface area contributed by atoms with Gasteiger partial charge in [0.15, 0.2) is 0 Å². The average molecular weight is 311 g/mol. The third-order valence-corrected chi connectivity index (χ3v) is 4.00. The van der Waals surface area contributed by atoms with Gasteiger partial charge < -0.3 is 5.11 Å². The third-order valence-electron chi connectivity index (χ3n) is 4.00. The molecule has 0 aliphatic rings. The summed E-state index contributed by atoms with van der Waals surface area (Å²) in [5.41, 5.74) is 2.39. The second kappa shape index (κ2) is 9.23. The summed E-state index contributed by atoms with van der Waals surface area (Å²) >= 11 is 0. The largest absolute Gasteiger partial charge is 0.396 e. The Bertz CT molecular complexity index is 542. The molecule has 0 saturated heterocycles. The SMILES string of the molecule is CC(=O)[C@@H](CCCO)N(Cc1ccccc1)Cc1ccccc1. The summed E-state index contributed by atoms with van der Waals surface area (Å²) in [4.78, 5) is 14.4. The van der Waals surface area contributed by atoms with Crippen molar-refractivity contribution in [1.29, 1.82) is 0 Å². The van der Waals surface area contributed by atoms with Crippen LogP contribution in [0.5, 0.6) is 0 Å². The van der Waals surface area contributed by atoms with Gasteiger partial charge in [-0.2, -0.15) is 0 Å². The molecule has 2 rings (SSSR count). The maximum atomic E-state index is 12.1. The molecular formula is C20H25NO2. The van der Waals surface area contributed by atoms with E-state index in [0.29, 0.717) is 12.8 Å². The minimum atomic E-state index is -0.164. The number of Topliss-reactive ketones (excluding diaryl/α,β-unsaturated/α-hetero) is 1. The molecule has 23 heavy (non-hydrogen) atoms. The Morgan fingerprint density at radius 2 is 1.43 bits per heavy atom. The Hall–Kier alpha value is -1.97. The topological polar surface area (TPSA) is 40.5 Å². The second-order valence-corrected chi connectivity index (χ2v) is 5.87. The van der Waals surface area contributed by atoms with Crippen molar-refractivity contribution in [2.75, 3.05) is 6.61 Å². The predicted octanol–water partition coefficient (Wildman–Crippen LogP) is 3.42. The van der Waals surface area contributed by atoms with E-state index in [1.54, 1.807) is 6.92 Å². The van der Waals surface area contributed by atoms with Crippen molar-refractivity contribution in [2.45, 2.75) is 38.9 Å². The van der Waals surface area contributed by atoms with Crippen molar-refractivity contribution in [3.8, 4) is 0 Å². The van der Waals surface area contributed by atoms with Gasteiger partial charge in [-0.15, -0.1) is 0 Å². The fourth-order valence-corrected chi connectivity index (χ4v) is 2.84. The molecule has 3 heteroatoms. The van der Waals surface area contributed by atoms with Crippen molar-refractivity contribution < 1.29 is 9.90 Å². The van der Waals surface area contributed by atoms with Crippen LogP contribution in [-0.4, -0.2) is 28.4 Å². The zero-order chi connectivity index (χ0) is 16.5.